The van der Waals surface area contributed by atoms with Crippen LogP contribution in [-0.4, -0.2) is 62.7 Å². The van der Waals surface area contributed by atoms with Gasteiger partial charge < -0.3 is 24.6 Å². The van der Waals surface area contributed by atoms with Gasteiger partial charge in [0.2, 0.25) is 5.91 Å². The number of hydrogen-bond acceptors (Lipinski definition) is 5. The maximum atomic E-state index is 12.5. The highest BCUT2D eigenvalue weighted by Crippen LogP contribution is 2.26. The van der Waals surface area contributed by atoms with E-state index in [1.807, 2.05) is 18.2 Å². The number of piperidine rings is 1. The summed E-state index contributed by atoms with van der Waals surface area (Å²) in [6.45, 7) is 1.44. The highest BCUT2D eigenvalue weighted by molar-refractivity contribution is 5.97. The summed E-state index contributed by atoms with van der Waals surface area (Å²) < 4.78 is 9.97. The first-order valence-corrected chi connectivity index (χ1v) is 9.09. The molecule has 2 fully saturated rings. The predicted octanol–water partition coefficient (Wildman–Crippen LogP) is 1.40. The number of anilines is 1. The molecule has 3 amide bonds. The molecule has 0 unspecified atom stereocenters. The van der Waals surface area contributed by atoms with E-state index in [2.05, 4.69) is 5.32 Å². The molecule has 2 saturated heterocycles. The molecule has 2 aliphatic rings. The second kappa shape index (κ2) is 8.28. The lowest BCUT2D eigenvalue weighted by Gasteiger charge is -2.31. The van der Waals surface area contributed by atoms with Crippen LogP contribution in [0.1, 0.15) is 19.3 Å². The Morgan fingerprint density at radius 1 is 1.19 bits per heavy atom. The number of likely N-dealkylation sites (tertiary alicyclic amines) is 1. The summed E-state index contributed by atoms with van der Waals surface area (Å²) in [4.78, 5) is 39.8. The molecular weight excluding hydrogens is 350 g/mol. The highest BCUT2D eigenvalue weighted by Gasteiger charge is 2.34. The summed E-state index contributed by atoms with van der Waals surface area (Å²) in [5.41, 5.74) is 0.759. The van der Waals surface area contributed by atoms with E-state index in [1.54, 1.807) is 23.0 Å². The first-order valence-electron chi connectivity index (χ1n) is 9.09. The summed E-state index contributed by atoms with van der Waals surface area (Å²) >= 11 is 0. The van der Waals surface area contributed by atoms with Gasteiger partial charge in [-0.2, -0.15) is 0 Å². The second-order valence-corrected chi connectivity index (χ2v) is 6.84. The number of methoxy groups -OCH3 is 2. The van der Waals surface area contributed by atoms with Gasteiger partial charge in [-0.1, -0.05) is 6.07 Å². The number of nitrogens with zero attached hydrogens (tertiary/aromatic N) is 2. The fourth-order valence-corrected chi connectivity index (χ4v) is 3.58. The van der Waals surface area contributed by atoms with Crippen LogP contribution in [0.4, 0.5) is 10.5 Å². The average Bonchev–Trinajstić information content (AvgIpc) is 3.07. The molecule has 8 heteroatoms. The van der Waals surface area contributed by atoms with Crippen LogP contribution in [0.25, 0.3) is 0 Å². The number of benzene rings is 1. The molecule has 0 bridgehead atoms. The van der Waals surface area contributed by atoms with E-state index < -0.39 is 0 Å². The van der Waals surface area contributed by atoms with E-state index in [0.29, 0.717) is 38.2 Å². The fraction of sp³-hybridized carbons (Fsp3) is 0.526. The Morgan fingerprint density at radius 2 is 1.93 bits per heavy atom. The van der Waals surface area contributed by atoms with E-state index in [-0.39, 0.29) is 36.3 Å². The van der Waals surface area contributed by atoms with Crippen LogP contribution in [0.5, 0.6) is 5.75 Å². The van der Waals surface area contributed by atoms with E-state index in [0.717, 1.165) is 5.69 Å². The van der Waals surface area contributed by atoms with Gasteiger partial charge >= 0.3 is 12.0 Å². The zero-order valence-electron chi connectivity index (χ0n) is 15.6. The first kappa shape index (κ1) is 19.0. The number of carbonyl (C=O) groups is 3. The molecule has 3 rings (SSSR count). The number of rotatable bonds is 4. The lowest BCUT2D eigenvalue weighted by molar-refractivity contribution is -0.146. The summed E-state index contributed by atoms with van der Waals surface area (Å²) in [6, 6.07) is 6.88. The van der Waals surface area contributed by atoms with Gasteiger partial charge in [-0.05, 0) is 25.0 Å². The normalized spacial score (nSPS) is 20.5. The Kier molecular flexibility index (Phi) is 5.83. The molecule has 27 heavy (non-hydrogen) atoms. The third-order valence-electron chi connectivity index (χ3n) is 5.13. The Morgan fingerprint density at radius 3 is 2.59 bits per heavy atom. The van der Waals surface area contributed by atoms with Crippen LogP contribution < -0.4 is 15.0 Å². The van der Waals surface area contributed by atoms with E-state index in [9.17, 15) is 14.4 Å². The predicted molar refractivity (Wildman–Crippen MR) is 98.6 cm³/mol. The SMILES string of the molecule is COC(=O)C1CCN(C(=O)N[C@@H]2CC(=O)N(c3cccc(OC)c3)C2)CC1. The van der Waals surface area contributed by atoms with E-state index in [1.165, 1.54) is 7.11 Å². The van der Waals surface area contributed by atoms with Crippen molar-refractivity contribution in [2.75, 3.05) is 38.8 Å². The van der Waals surface area contributed by atoms with Crippen LogP contribution in [0.3, 0.4) is 0 Å². The lowest BCUT2D eigenvalue weighted by atomic mass is 9.97. The van der Waals surface area contributed by atoms with Crippen LogP contribution in [0, 0.1) is 5.92 Å². The van der Waals surface area contributed by atoms with Gasteiger partial charge in [0, 0.05) is 37.8 Å². The number of amides is 3. The number of esters is 1. The molecule has 0 saturated carbocycles. The molecule has 1 aromatic carbocycles. The molecule has 1 aromatic rings. The van der Waals surface area contributed by atoms with Crippen LogP contribution in [0.15, 0.2) is 24.3 Å². The van der Waals surface area contributed by atoms with E-state index in [4.69, 9.17) is 9.47 Å². The fourth-order valence-electron chi connectivity index (χ4n) is 3.58. The van der Waals surface area contributed by atoms with Gasteiger partial charge in [0.05, 0.1) is 26.2 Å². The molecule has 0 spiro atoms. The van der Waals surface area contributed by atoms with Crippen molar-refractivity contribution in [1.29, 1.82) is 0 Å². The van der Waals surface area contributed by atoms with Gasteiger partial charge in [-0.25, -0.2) is 4.79 Å². The summed E-state index contributed by atoms with van der Waals surface area (Å²) in [5.74, 6) is 0.292. The quantitative estimate of drug-likeness (QED) is 0.804. The summed E-state index contributed by atoms with van der Waals surface area (Å²) in [6.07, 6.45) is 1.46. The Bertz CT molecular complexity index is 715. The largest absolute Gasteiger partial charge is 0.497 e. The topological polar surface area (TPSA) is 88.2 Å². The molecular formula is C19H25N3O5. The molecule has 146 valence electrons. The van der Waals surface area contributed by atoms with Crippen molar-refractivity contribution in [2.24, 2.45) is 5.92 Å². The van der Waals surface area contributed by atoms with Crippen LogP contribution in [-0.2, 0) is 14.3 Å². The van der Waals surface area contributed by atoms with Crippen molar-refractivity contribution in [3.8, 4) is 5.75 Å². The van der Waals surface area contributed by atoms with E-state index >= 15 is 0 Å². The monoisotopic (exact) mass is 375 g/mol. The zero-order chi connectivity index (χ0) is 19.4. The third kappa shape index (κ3) is 4.32. The number of nitrogens with one attached hydrogen (secondary N) is 1. The number of urea groups is 1. The van der Waals surface area contributed by atoms with Gasteiger partial charge in [-0.3, -0.25) is 9.59 Å². The molecule has 2 heterocycles. The van der Waals surface area contributed by atoms with Crippen molar-refractivity contribution >= 4 is 23.6 Å². The van der Waals surface area contributed by atoms with Crippen molar-refractivity contribution in [3.63, 3.8) is 0 Å². The van der Waals surface area contributed by atoms with Gasteiger partial charge in [0.15, 0.2) is 0 Å². The van der Waals surface area contributed by atoms with Gasteiger partial charge in [0.25, 0.3) is 0 Å². The Hall–Kier alpha value is -2.77. The first-order chi connectivity index (χ1) is 13.0. The molecule has 0 radical (unpaired) electrons. The third-order valence-corrected chi connectivity index (χ3v) is 5.13. The molecule has 0 aromatic heterocycles. The maximum Gasteiger partial charge on any atom is 0.317 e. The van der Waals surface area contributed by atoms with Crippen LogP contribution >= 0.6 is 0 Å². The number of ether oxygens (including phenoxy) is 2. The summed E-state index contributed by atoms with van der Waals surface area (Å²) in [7, 11) is 2.96. The molecule has 8 nitrogen and oxygen atoms in total. The van der Waals surface area contributed by atoms with Gasteiger partial charge in [0.1, 0.15) is 5.75 Å². The molecule has 1 N–H and O–H groups in total. The summed E-state index contributed by atoms with van der Waals surface area (Å²) in [5, 5.41) is 2.94. The number of hydrogen-bond donors (Lipinski definition) is 1. The standard InChI is InChI=1S/C19H25N3O5/c1-26-16-5-3-4-15(11-16)22-12-14(10-17(22)23)20-19(25)21-8-6-13(7-9-21)18(24)27-2/h3-5,11,13-14H,6-10,12H2,1-2H3,(H,20,25)/t14-/m1/s1. The second-order valence-electron chi connectivity index (χ2n) is 6.84. The van der Waals surface area contributed by atoms with Crippen molar-refractivity contribution < 1.29 is 23.9 Å². The molecule has 1 atom stereocenters. The minimum atomic E-state index is -0.241. The smallest absolute Gasteiger partial charge is 0.317 e. The van der Waals surface area contributed by atoms with Crippen molar-refractivity contribution in [3.05, 3.63) is 24.3 Å². The van der Waals surface area contributed by atoms with Crippen molar-refractivity contribution in [2.45, 2.75) is 25.3 Å². The van der Waals surface area contributed by atoms with Gasteiger partial charge in [-0.15, -0.1) is 0 Å². The molecule has 2 aliphatic heterocycles. The Labute approximate surface area is 158 Å². The Balaban J connectivity index is 1.54. The molecule has 0 aliphatic carbocycles. The highest BCUT2D eigenvalue weighted by atomic mass is 16.5. The lowest BCUT2D eigenvalue weighted by Crippen LogP contribution is -2.49. The minimum absolute atomic E-state index is 0.0297. The minimum Gasteiger partial charge on any atom is -0.497 e. The van der Waals surface area contributed by atoms with Crippen LogP contribution in [0.2, 0.25) is 0 Å². The number of carbonyl (C=O) groups excluding carboxylic acids is 3. The average molecular weight is 375 g/mol. The van der Waals surface area contributed by atoms with Crippen molar-refractivity contribution in [1.82, 2.24) is 10.2 Å². The maximum absolute atomic E-state index is 12.5. The zero-order valence-corrected chi connectivity index (χ0v) is 15.6.